The monoisotopic (exact) mass is 177 g/mol. The molecule has 0 radical (unpaired) electrons. The van der Waals surface area contributed by atoms with E-state index in [-0.39, 0.29) is 4.75 Å². The van der Waals surface area contributed by atoms with Crippen LogP contribution in [0.1, 0.15) is 19.8 Å². The molecule has 0 heterocycles. The molecule has 0 N–H and O–H groups in total. The Morgan fingerprint density at radius 2 is 2.30 bits per heavy atom. The topological polar surface area (TPSA) is 23.8 Å². The molecule has 1 nitrogen and oxygen atoms in total. The fourth-order valence-corrected chi connectivity index (χ4v) is 1.18. The second kappa shape index (κ2) is 4.87. The average Bonchev–Trinajstić information content (AvgIpc) is 2.00. The number of rotatable bonds is 4. The lowest BCUT2D eigenvalue weighted by atomic mass is 10.1. The van der Waals surface area contributed by atoms with E-state index in [1.54, 1.807) is 11.8 Å². The highest BCUT2D eigenvalue weighted by molar-refractivity contribution is 8.00. The van der Waals surface area contributed by atoms with Gasteiger partial charge < -0.3 is 0 Å². The summed E-state index contributed by atoms with van der Waals surface area (Å²) in [5, 5.41) is 8.70. The molecule has 58 valence electrons. The predicted molar refractivity (Wildman–Crippen MR) is 47.5 cm³/mol. The first kappa shape index (κ1) is 10.1. The quantitative estimate of drug-likeness (QED) is 0.617. The van der Waals surface area contributed by atoms with Gasteiger partial charge in [0.2, 0.25) is 0 Å². The van der Waals surface area contributed by atoms with Crippen molar-refractivity contribution >= 4 is 23.4 Å². The summed E-state index contributed by atoms with van der Waals surface area (Å²) in [6.45, 7) is 1.95. The Morgan fingerprint density at radius 1 is 1.70 bits per heavy atom. The minimum absolute atomic E-state index is 0.227. The maximum atomic E-state index is 8.70. The third-order valence-electron chi connectivity index (χ3n) is 1.47. The van der Waals surface area contributed by atoms with Crippen LogP contribution in [0.15, 0.2) is 0 Å². The molecule has 0 unspecified atom stereocenters. The molecule has 0 saturated carbocycles. The second-order valence-electron chi connectivity index (χ2n) is 2.34. The van der Waals surface area contributed by atoms with E-state index in [4.69, 9.17) is 16.9 Å². The van der Waals surface area contributed by atoms with Gasteiger partial charge in [0, 0.05) is 5.88 Å². The van der Waals surface area contributed by atoms with Crippen LogP contribution in [0, 0.1) is 11.3 Å². The van der Waals surface area contributed by atoms with Gasteiger partial charge in [-0.3, -0.25) is 0 Å². The highest BCUT2D eigenvalue weighted by Gasteiger charge is 2.20. The van der Waals surface area contributed by atoms with Crippen molar-refractivity contribution in [2.24, 2.45) is 0 Å². The van der Waals surface area contributed by atoms with Crippen LogP contribution in [0.5, 0.6) is 0 Å². The Hall–Kier alpha value is 0.130. The summed E-state index contributed by atoms with van der Waals surface area (Å²) >= 11 is 7.10. The molecule has 0 rings (SSSR count). The van der Waals surface area contributed by atoms with Crippen molar-refractivity contribution in [2.75, 3.05) is 12.1 Å². The molecule has 0 aliphatic carbocycles. The number of thioether (sulfide) groups is 1. The summed E-state index contributed by atoms with van der Waals surface area (Å²) in [5.41, 5.74) is 0. The Labute approximate surface area is 71.7 Å². The first-order valence-corrected chi connectivity index (χ1v) is 4.97. The molecular weight excluding hydrogens is 166 g/mol. The van der Waals surface area contributed by atoms with Crippen molar-refractivity contribution in [3.63, 3.8) is 0 Å². The smallest absolute Gasteiger partial charge is 0.0993 e. The summed E-state index contributed by atoms with van der Waals surface area (Å²) in [5.74, 6) is 0.651. The first-order valence-electron chi connectivity index (χ1n) is 3.21. The van der Waals surface area contributed by atoms with Crippen LogP contribution in [0.2, 0.25) is 0 Å². The van der Waals surface area contributed by atoms with Gasteiger partial charge in [-0.25, -0.2) is 0 Å². The van der Waals surface area contributed by atoms with E-state index >= 15 is 0 Å². The second-order valence-corrected chi connectivity index (χ2v) is 4.03. The van der Waals surface area contributed by atoms with Crippen LogP contribution < -0.4 is 0 Å². The lowest BCUT2D eigenvalue weighted by Gasteiger charge is -2.16. The van der Waals surface area contributed by atoms with Crippen molar-refractivity contribution in [1.29, 1.82) is 5.26 Å². The van der Waals surface area contributed by atoms with E-state index < -0.39 is 0 Å². The molecule has 0 spiro atoms. The van der Waals surface area contributed by atoms with E-state index in [1.807, 2.05) is 13.2 Å². The maximum absolute atomic E-state index is 8.70. The number of hydrogen-bond donors (Lipinski definition) is 0. The highest BCUT2D eigenvalue weighted by atomic mass is 35.5. The number of nitriles is 1. The number of hydrogen-bond acceptors (Lipinski definition) is 2. The zero-order valence-electron chi connectivity index (χ0n) is 6.35. The van der Waals surface area contributed by atoms with Crippen molar-refractivity contribution in [2.45, 2.75) is 24.5 Å². The minimum atomic E-state index is -0.227. The highest BCUT2D eigenvalue weighted by Crippen LogP contribution is 2.26. The minimum Gasteiger partial charge on any atom is -0.197 e. The molecule has 0 aromatic heterocycles. The van der Waals surface area contributed by atoms with Crippen molar-refractivity contribution in [3.05, 3.63) is 0 Å². The Bertz CT molecular complexity index is 132. The van der Waals surface area contributed by atoms with Gasteiger partial charge in [0.1, 0.15) is 0 Å². The zero-order valence-corrected chi connectivity index (χ0v) is 7.93. The van der Waals surface area contributed by atoms with Gasteiger partial charge in [-0.1, -0.05) is 0 Å². The summed E-state index contributed by atoms with van der Waals surface area (Å²) in [7, 11) is 0. The molecule has 3 heteroatoms. The molecule has 0 bridgehead atoms. The number of halogens is 1. The molecule has 0 amide bonds. The average molecular weight is 178 g/mol. The van der Waals surface area contributed by atoms with Crippen LogP contribution in [0.3, 0.4) is 0 Å². The van der Waals surface area contributed by atoms with Gasteiger partial charge >= 0.3 is 0 Å². The lowest BCUT2D eigenvalue weighted by Crippen LogP contribution is -2.16. The van der Waals surface area contributed by atoms with Crippen LogP contribution >= 0.6 is 23.4 Å². The van der Waals surface area contributed by atoms with Crippen molar-refractivity contribution in [3.8, 4) is 6.07 Å². The van der Waals surface area contributed by atoms with Gasteiger partial charge in [0.25, 0.3) is 0 Å². The van der Waals surface area contributed by atoms with Gasteiger partial charge in [-0.05, 0) is 26.0 Å². The third-order valence-corrected chi connectivity index (χ3v) is 2.94. The number of alkyl halides is 1. The predicted octanol–water partition coefficient (Wildman–Crippen LogP) is 2.65. The molecule has 10 heavy (non-hydrogen) atoms. The Morgan fingerprint density at radius 3 is 2.60 bits per heavy atom. The maximum Gasteiger partial charge on any atom is 0.0993 e. The lowest BCUT2D eigenvalue weighted by molar-refractivity contribution is 0.696. The molecule has 0 aromatic carbocycles. The molecular formula is C7H12ClNS. The Kier molecular flexibility index (Phi) is 4.93. The summed E-state index contributed by atoms with van der Waals surface area (Å²) in [6.07, 6.45) is 3.76. The molecule has 0 saturated heterocycles. The fraction of sp³-hybridized carbons (Fsp3) is 0.857. The zero-order chi connectivity index (χ0) is 8.04. The van der Waals surface area contributed by atoms with Gasteiger partial charge in [0.05, 0.1) is 10.8 Å². The van der Waals surface area contributed by atoms with Gasteiger partial charge in [0.15, 0.2) is 0 Å². The first-order chi connectivity index (χ1) is 4.68. The molecule has 1 atom stereocenters. The summed E-state index contributed by atoms with van der Waals surface area (Å²) < 4.78 is -0.227. The molecule has 0 fully saturated rings. The Balaban J connectivity index is 3.72. The summed E-state index contributed by atoms with van der Waals surface area (Å²) in [4.78, 5) is 0. The van der Waals surface area contributed by atoms with Crippen LogP contribution in [-0.2, 0) is 0 Å². The van der Waals surface area contributed by atoms with E-state index in [9.17, 15) is 0 Å². The van der Waals surface area contributed by atoms with E-state index in [1.165, 1.54) is 0 Å². The normalized spacial score (nSPS) is 15.8. The van der Waals surface area contributed by atoms with Crippen LogP contribution in [0.25, 0.3) is 0 Å². The molecule has 0 aliphatic rings. The molecule has 0 aliphatic heterocycles. The van der Waals surface area contributed by atoms with E-state index in [0.717, 1.165) is 12.8 Å². The third kappa shape index (κ3) is 3.34. The van der Waals surface area contributed by atoms with E-state index in [2.05, 4.69) is 6.07 Å². The fourth-order valence-electron chi connectivity index (χ4n) is 0.608. The van der Waals surface area contributed by atoms with Crippen molar-refractivity contribution in [1.82, 2.24) is 0 Å². The largest absolute Gasteiger partial charge is 0.197 e. The van der Waals surface area contributed by atoms with Crippen LogP contribution in [-0.4, -0.2) is 16.9 Å². The van der Waals surface area contributed by atoms with Gasteiger partial charge in [-0.15, -0.1) is 23.4 Å². The van der Waals surface area contributed by atoms with Crippen molar-refractivity contribution < 1.29 is 0 Å². The summed E-state index contributed by atoms with van der Waals surface area (Å²) in [6, 6.07) is 2.27. The number of nitrogens with zero attached hydrogens (tertiary/aromatic N) is 1. The van der Waals surface area contributed by atoms with Gasteiger partial charge in [-0.2, -0.15) is 5.26 Å². The van der Waals surface area contributed by atoms with Crippen LogP contribution in [0.4, 0.5) is 0 Å². The molecule has 0 aromatic rings. The SMILES string of the molecule is CS[C@](C)(C#N)CCCCl. The standard InChI is InChI=1S/C7H12ClNS/c1-7(6-9,10-2)4-3-5-8/h3-5H2,1-2H3/t7-/m0/s1. The van der Waals surface area contributed by atoms with E-state index in [0.29, 0.717) is 5.88 Å².